The first-order chi connectivity index (χ1) is 15.7. The van der Waals surface area contributed by atoms with E-state index in [1.165, 1.54) is 37.6 Å². The fourth-order valence-electron chi connectivity index (χ4n) is 2.44. The topological polar surface area (TPSA) is 98.5 Å². The summed E-state index contributed by atoms with van der Waals surface area (Å²) in [6.07, 6.45) is -3.55. The minimum absolute atomic E-state index is 0.202. The number of thioether (sulfide) groups is 1. The third-order valence-corrected chi connectivity index (χ3v) is 5.43. The average molecular weight is 542 g/mol. The van der Waals surface area contributed by atoms with E-state index >= 15 is 0 Å². The van der Waals surface area contributed by atoms with E-state index < -0.39 is 23.9 Å². The molecule has 2 aromatic carbocycles. The Bertz CT molecular complexity index is 1170. The largest absolute Gasteiger partial charge is 0.465 e. The molecule has 0 radical (unpaired) electrons. The number of carbonyl (C=O) groups excluding carboxylic acids is 2. The summed E-state index contributed by atoms with van der Waals surface area (Å²) < 4.78 is 45.9. The van der Waals surface area contributed by atoms with Crippen LogP contribution in [0, 0.1) is 0 Å². The number of hydrogen-bond acceptors (Lipinski definition) is 7. The molecule has 3 rings (SSSR count). The van der Waals surface area contributed by atoms with Crippen LogP contribution in [0.15, 0.2) is 63.3 Å². The smallest absolute Gasteiger partial charge is 0.453 e. The molecule has 0 spiro atoms. The molecule has 0 saturated carbocycles. The van der Waals surface area contributed by atoms with Crippen molar-refractivity contribution in [3.05, 3.63) is 70.0 Å². The summed E-state index contributed by atoms with van der Waals surface area (Å²) in [5, 5.41) is 13.0. The van der Waals surface area contributed by atoms with Gasteiger partial charge in [-0.25, -0.2) is 4.79 Å². The lowest BCUT2D eigenvalue weighted by Crippen LogP contribution is -2.15. The molecule has 1 heterocycles. The van der Waals surface area contributed by atoms with E-state index in [0.29, 0.717) is 21.5 Å². The Morgan fingerprint density at radius 2 is 1.82 bits per heavy atom. The first-order valence-corrected chi connectivity index (χ1v) is 10.9. The predicted octanol–water partition coefficient (Wildman–Crippen LogP) is 4.46. The Morgan fingerprint density at radius 1 is 1.15 bits per heavy atom. The summed E-state index contributed by atoms with van der Waals surface area (Å²) in [5.74, 6) is -2.57. The van der Waals surface area contributed by atoms with E-state index in [1.807, 2.05) is 0 Å². The van der Waals surface area contributed by atoms with Gasteiger partial charge in [-0.15, -0.1) is 10.2 Å². The molecule has 13 heteroatoms. The van der Waals surface area contributed by atoms with Gasteiger partial charge in [-0.3, -0.25) is 4.79 Å². The highest BCUT2D eigenvalue weighted by atomic mass is 79.9. The Morgan fingerprint density at radius 3 is 2.42 bits per heavy atom. The van der Waals surface area contributed by atoms with Crippen LogP contribution in [0.2, 0.25) is 0 Å². The number of alkyl halides is 3. The summed E-state index contributed by atoms with van der Waals surface area (Å²) in [6.45, 7) is 0. The van der Waals surface area contributed by atoms with Crippen molar-refractivity contribution in [1.82, 2.24) is 14.9 Å². The molecule has 0 saturated heterocycles. The number of ether oxygens (including phenoxy) is 1. The maximum Gasteiger partial charge on any atom is 0.453 e. The second-order valence-corrected chi connectivity index (χ2v) is 8.18. The van der Waals surface area contributed by atoms with Crippen LogP contribution in [0.1, 0.15) is 21.7 Å². The van der Waals surface area contributed by atoms with Gasteiger partial charge in [0.25, 0.3) is 5.82 Å². The molecule has 0 aliphatic rings. The van der Waals surface area contributed by atoms with Gasteiger partial charge in [0.2, 0.25) is 11.1 Å². The molecule has 0 aliphatic carbocycles. The Kier molecular flexibility index (Phi) is 7.87. The number of benzene rings is 2. The van der Waals surface area contributed by atoms with Crippen molar-refractivity contribution >= 4 is 51.5 Å². The van der Waals surface area contributed by atoms with Crippen LogP contribution in [0.5, 0.6) is 0 Å². The molecule has 1 aromatic heterocycles. The SMILES string of the molecule is COC(=O)c1ccc(NC(=O)CSc2nnc(C(F)(F)F)n2/N=C\c2ccc(Br)cc2)cc1. The average Bonchev–Trinajstić information content (AvgIpc) is 3.20. The minimum atomic E-state index is -4.79. The van der Waals surface area contributed by atoms with Crippen LogP contribution in [-0.2, 0) is 15.7 Å². The highest BCUT2D eigenvalue weighted by Crippen LogP contribution is 2.30. The van der Waals surface area contributed by atoms with Crippen LogP contribution in [0.25, 0.3) is 0 Å². The lowest BCUT2D eigenvalue weighted by atomic mass is 10.2. The van der Waals surface area contributed by atoms with Crippen molar-refractivity contribution in [2.24, 2.45) is 5.10 Å². The van der Waals surface area contributed by atoms with Crippen LogP contribution >= 0.6 is 27.7 Å². The number of esters is 1. The molecule has 3 aromatic rings. The lowest BCUT2D eigenvalue weighted by molar-refractivity contribution is -0.147. The first-order valence-electron chi connectivity index (χ1n) is 9.11. The summed E-state index contributed by atoms with van der Waals surface area (Å²) >= 11 is 4.02. The summed E-state index contributed by atoms with van der Waals surface area (Å²) in [5.41, 5.74) is 1.27. The number of amides is 1. The van der Waals surface area contributed by atoms with E-state index in [-0.39, 0.29) is 10.9 Å². The monoisotopic (exact) mass is 541 g/mol. The molecule has 0 bridgehead atoms. The van der Waals surface area contributed by atoms with Gasteiger partial charge >= 0.3 is 12.1 Å². The summed E-state index contributed by atoms with van der Waals surface area (Å²) in [7, 11) is 1.25. The van der Waals surface area contributed by atoms with Gasteiger partial charge in [-0.1, -0.05) is 39.8 Å². The fraction of sp³-hybridized carbons (Fsp3) is 0.150. The zero-order chi connectivity index (χ0) is 24.0. The number of anilines is 1. The molecule has 0 unspecified atom stereocenters. The maximum atomic E-state index is 13.3. The molecule has 0 aliphatic heterocycles. The van der Waals surface area contributed by atoms with E-state index in [4.69, 9.17) is 0 Å². The van der Waals surface area contributed by atoms with E-state index in [1.54, 1.807) is 24.3 Å². The second-order valence-electron chi connectivity index (χ2n) is 6.32. The van der Waals surface area contributed by atoms with Crippen molar-refractivity contribution in [2.45, 2.75) is 11.3 Å². The zero-order valence-electron chi connectivity index (χ0n) is 16.8. The Hall–Kier alpha value is -3.19. The quantitative estimate of drug-likeness (QED) is 0.269. The lowest BCUT2D eigenvalue weighted by Gasteiger charge is -2.08. The zero-order valence-corrected chi connectivity index (χ0v) is 19.2. The van der Waals surface area contributed by atoms with Gasteiger partial charge in [0, 0.05) is 10.2 Å². The van der Waals surface area contributed by atoms with E-state index in [0.717, 1.165) is 16.2 Å². The van der Waals surface area contributed by atoms with Crippen molar-refractivity contribution in [3.63, 3.8) is 0 Å². The molecule has 33 heavy (non-hydrogen) atoms. The number of aromatic nitrogens is 3. The fourth-order valence-corrected chi connectivity index (χ4v) is 3.40. The Labute approximate surface area is 198 Å². The third-order valence-electron chi connectivity index (χ3n) is 3.98. The number of methoxy groups -OCH3 is 1. The van der Waals surface area contributed by atoms with Gasteiger partial charge in [0.05, 0.1) is 24.6 Å². The maximum absolute atomic E-state index is 13.3. The summed E-state index contributed by atoms with van der Waals surface area (Å²) in [4.78, 5) is 23.7. The third kappa shape index (κ3) is 6.65. The normalized spacial score (nSPS) is 11.5. The molecule has 1 amide bonds. The highest BCUT2D eigenvalue weighted by Gasteiger charge is 2.39. The highest BCUT2D eigenvalue weighted by molar-refractivity contribution is 9.10. The van der Waals surface area contributed by atoms with Crippen LogP contribution in [-0.4, -0.2) is 45.8 Å². The minimum Gasteiger partial charge on any atom is -0.465 e. The number of nitrogens with zero attached hydrogens (tertiary/aromatic N) is 4. The number of hydrogen-bond donors (Lipinski definition) is 1. The van der Waals surface area contributed by atoms with Crippen molar-refractivity contribution < 1.29 is 27.5 Å². The van der Waals surface area contributed by atoms with Crippen LogP contribution < -0.4 is 5.32 Å². The number of rotatable bonds is 7. The number of halogens is 4. The Balaban J connectivity index is 1.71. The first kappa shape index (κ1) is 24.5. The molecule has 8 nitrogen and oxygen atoms in total. The molecule has 0 fully saturated rings. The molecular weight excluding hydrogens is 527 g/mol. The van der Waals surface area contributed by atoms with Gasteiger partial charge in [0.15, 0.2) is 0 Å². The van der Waals surface area contributed by atoms with Crippen LogP contribution in [0.4, 0.5) is 18.9 Å². The van der Waals surface area contributed by atoms with Gasteiger partial charge in [-0.2, -0.15) is 22.9 Å². The van der Waals surface area contributed by atoms with Crippen molar-refractivity contribution in [2.75, 3.05) is 18.2 Å². The second kappa shape index (κ2) is 10.6. The van der Waals surface area contributed by atoms with E-state index in [9.17, 15) is 22.8 Å². The van der Waals surface area contributed by atoms with Gasteiger partial charge in [0.1, 0.15) is 0 Å². The van der Waals surface area contributed by atoms with Crippen molar-refractivity contribution in [1.29, 1.82) is 0 Å². The molecule has 0 atom stereocenters. The standard InChI is InChI=1S/C20H15BrF3N5O3S/c1-32-17(31)13-4-8-15(9-5-13)26-16(30)11-33-19-28-27-18(20(22,23)24)29(19)25-10-12-2-6-14(21)7-3-12/h2-10H,11H2,1H3,(H,26,30)/b25-10-. The molecule has 1 N–H and O–H groups in total. The van der Waals surface area contributed by atoms with Gasteiger partial charge < -0.3 is 10.1 Å². The summed E-state index contributed by atoms with van der Waals surface area (Å²) in [6, 6.07) is 12.7. The van der Waals surface area contributed by atoms with Crippen molar-refractivity contribution in [3.8, 4) is 0 Å². The van der Waals surface area contributed by atoms with E-state index in [2.05, 4.69) is 41.3 Å². The van der Waals surface area contributed by atoms with Crippen LogP contribution in [0.3, 0.4) is 0 Å². The number of nitrogens with one attached hydrogen (secondary N) is 1. The predicted molar refractivity (Wildman–Crippen MR) is 119 cm³/mol. The number of carbonyl (C=O) groups is 2. The van der Waals surface area contributed by atoms with Gasteiger partial charge in [-0.05, 0) is 42.0 Å². The molecular formula is C20H15BrF3N5O3S. The molecule has 172 valence electrons.